The fraction of sp³-hybridized carbons (Fsp3) is 0.167. The van der Waals surface area contributed by atoms with Gasteiger partial charge >= 0.3 is 0 Å². The first-order chi connectivity index (χ1) is 12.1. The number of halogens is 1. The van der Waals surface area contributed by atoms with Crippen LogP contribution in [-0.2, 0) is 0 Å². The van der Waals surface area contributed by atoms with Gasteiger partial charge < -0.3 is 19.2 Å². The zero-order chi connectivity index (χ0) is 18.0. The summed E-state index contributed by atoms with van der Waals surface area (Å²) in [4.78, 5) is 3.20. The van der Waals surface area contributed by atoms with Crippen molar-refractivity contribution >= 4 is 23.8 Å². The predicted molar refractivity (Wildman–Crippen MR) is 101 cm³/mol. The van der Waals surface area contributed by atoms with Gasteiger partial charge in [-0.3, -0.25) is 4.57 Å². The maximum atomic E-state index is 5.95. The van der Waals surface area contributed by atoms with Gasteiger partial charge in [0.1, 0.15) is 0 Å². The first kappa shape index (κ1) is 17.4. The van der Waals surface area contributed by atoms with E-state index in [4.69, 9.17) is 38.0 Å². The van der Waals surface area contributed by atoms with Crippen molar-refractivity contribution in [1.29, 1.82) is 0 Å². The number of aromatic amines is 1. The van der Waals surface area contributed by atoms with Crippen molar-refractivity contribution in [3.63, 3.8) is 0 Å². The van der Waals surface area contributed by atoms with E-state index >= 15 is 0 Å². The van der Waals surface area contributed by atoms with E-state index in [-0.39, 0.29) is 0 Å². The van der Waals surface area contributed by atoms with Gasteiger partial charge in [0.2, 0.25) is 5.75 Å². The van der Waals surface area contributed by atoms with Crippen molar-refractivity contribution in [2.45, 2.75) is 0 Å². The third-order valence-electron chi connectivity index (χ3n) is 3.80. The minimum Gasteiger partial charge on any atom is -0.493 e. The predicted octanol–water partition coefficient (Wildman–Crippen LogP) is 4.88. The van der Waals surface area contributed by atoms with E-state index in [1.54, 1.807) is 21.3 Å². The van der Waals surface area contributed by atoms with Gasteiger partial charge in [-0.15, -0.1) is 0 Å². The van der Waals surface area contributed by atoms with Crippen molar-refractivity contribution in [2.75, 3.05) is 21.3 Å². The number of hydrogen-bond acceptors (Lipinski definition) is 4. The van der Waals surface area contributed by atoms with E-state index in [0.29, 0.717) is 27.0 Å². The second-order valence-electron chi connectivity index (χ2n) is 5.23. The molecule has 0 unspecified atom stereocenters. The van der Waals surface area contributed by atoms with Gasteiger partial charge in [-0.2, -0.15) is 0 Å². The minimum atomic E-state index is 0.536. The molecule has 0 atom stereocenters. The Hall–Kier alpha value is -2.44. The lowest BCUT2D eigenvalue weighted by atomic mass is 10.2. The minimum absolute atomic E-state index is 0.536. The quantitative estimate of drug-likeness (QED) is 0.644. The van der Waals surface area contributed by atoms with Crippen molar-refractivity contribution in [2.24, 2.45) is 0 Å². The normalized spacial score (nSPS) is 10.6. The van der Waals surface area contributed by atoms with Crippen LogP contribution in [0.25, 0.3) is 16.9 Å². The fourth-order valence-electron chi connectivity index (χ4n) is 2.57. The maximum Gasteiger partial charge on any atom is 0.203 e. The molecule has 0 fully saturated rings. The van der Waals surface area contributed by atoms with E-state index < -0.39 is 0 Å². The summed E-state index contributed by atoms with van der Waals surface area (Å²) in [7, 11) is 4.73. The van der Waals surface area contributed by atoms with Crippen molar-refractivity contribution < 1.29 is 14.2 Å². The molecule has 0 saturated carbocycles. The highest BCUT2D eigenvalue weighted by atomic mass is 35.5. The molecule has 0 amide bonds. The Morgan fingerprint density at radius 1 is 0.960 bits per heavy atom. The topological polar surface area (TPSA) is 48.4 Å². The summed E-state index contributed by atoms with van der Waals surface area (Å²) >= 11 is 11.4. The molecule has 0 saturated heterocycles. The molecule has 0 aliphatic heterocycles. The van der Waals surface area contributed by atoms with Crippen LogP contribution in [0.15, 0.2) is 42.6 Å². The number of nitrogens with zero attached hydrogens (tertiary/aromatic N) is 1. The van der Waals surface area contributed by atoms with Crippen LogP contribution in [0, 0.1) is 4.77 Å². The summed E-state index contributed by atoms with van der Waals surface area (Å²) in [6.45, 7) is 0. The van der Waals surface area contributed by atoms with Crippen LogP contribution in [0.3, 0.4) is 0 Å². The van der Waals surface area contributed by atoms with E-state index in [1.165, 1.54) is 0 Å². The zero-order valence-electron chi connectivity index (χ0n) is 14.0. The highest BCUT2D eigenvalue weighted by molar-refractivity contribution is 7.71. The molecule has 25 heavy (non-hydrogen) atoms. The number of benzene rings is 2. The highest BCUT2D eigenvalue weighted by Crippen LogP contribution is 2.39. The first-order valence-electron chi connectivity index (χ1n) is 7.45. The van der Waals surface area contributed by atoms with Crippen molar-refractivity contribution in [3.05, 3.63) is 52.4 Å². The molecule has 3 aromatic rings. The number of methoxy groups -OCH3 is 3. The van der Waals surface area contributed by atoms with Crippen LogP contribution in [0.2, 0.25) is 5.02 Å². The molecule has 0 aliphatic rings. The number of hydrogen-bond donors (Lipinski definition) is 1. The fourth-order valence-corrected chi connectivity index (χ4v) is 2.96. The summed E-state index contributed by atoms with van der Waals surface area (Å²) in [5, 5.41) is 0.686. The third-order valence-corrected chi connectivity index (χ3v) is 4.35. The Bertz CT molecular complexity index is 923. The van der Waals surface area contributed by atoms with Crippen molar-refractivity contribution in [3.8, 4) is 34.2 Å². The van der Waals surface area contributed by atoms with Crippen LogP contribution >= 0.6 is 23.8 Å². The largest absolute Gasteiger partial charge is 0.493 e. The van der Waals surface area contributed by atoms with Gasteiger partial charge in [0.05, 0.1) is 32.7 Å². The third kappa shape index (κ3) is 3.36. The van der Waals surface area contributed by atoms with Crippen molar-refractivity contribution in [1.82, 2.24) is 9.55 Å². The Labute approximate surface area is 155 Å². The average Bonchev–Trinajstić information content (AvgIpc) is 3.02. The second kappa shape index (κ2) is 7.21. The van der Waals surface area contributed by atoms with Gasteiger partial charge in [-0.25, -0.2) is 0 Å². The van der Waals surface area contributed by atoms with Gasteiger partial charge in [-0.05, 0) is 29.9 Å². The number of rotatable bonds is 5. The molecular formula is C18H17ClN2O3S. The number of imidazole rings is 1. The molecule has 3 rings (SSSR count). The summed E-state index contributed by atoms with van der Waals surface area (Å²) in [5.41, 5.74) is 2.67. The molecule has 5 nitrogen and oxygen atoms in total. The number of aromatic nitrogens is 2. The lowest BCUT2D eigenvalue weighted by molar-refractivity contribution is 0.324. The average molecular weight is 377 g/mol. The van der Waals surface area contributed by atoms with Crippen LogP contribution in [0.4, 0.5) is 0 Å². The smallest absolute Gasteiger partial charge is 0.203 e. The molecule has 1 aromatic heterocycles. The molecule has 7 heteroatoms. The monoisotopic (exact) mass is 376 g/mol. The standard InChI is InChI=1S/C18H17ClN2O3S/c1-22-15-8-13(9-16(23-2)17(15)24-3)21-10-14(20-18(21)25)11-4-6-12(19)7-5-11/h4-10H,1-3H3,(H,20,25). The lowest BCUT2D eigenvalue weighted by Crippen LogP contribution is -1.99. The highest BCUT2D eigenvalue weighted by Gasteiger charge is 2.15. The Kier molecular flexibility index (Phi) is 5.01. The van der Waals surface area contributed by atoms with Gasteiger partial charge in [-0.1, -0.05) is 23.7 Å². The van der Waals surface area contributed by atoms with Crippen LogP contribution in [0.1, 0.15) is 0 Å². The molecular weight excluding hydrogens is 360 g/mol. The zero-order valence-corrected chi connectivity index (χ0v) is 15.6. The van der Waals surface area contributed by atoms with Crippen LogP contribution < -0.4 is 14.2 Å². The summed E-state index contributed by atoms with van der Waals surface area (Å²) in [6.07, 6.45) is 1.92. The molecule has 2 aromatic carbocycles. The van der Waals surface area contributed by atoms with Crippen LogP contribution in [-0.4, -0.2) is 30.9 Å². The number of nitrogens with one attached hydrogen (secondary N) is 1. The summed E-state index contributed by atoms with van der Waals surface area (Å²) in [6, 6.07) is 11.2. The van der Waals surface area contributed by atoms with Crippen LogP contribution in [0.5, 0.6) is 17.2 Å². The molecule has 0 spiro atoms. The molecule has 0 radical (unpaired) electrons. The number of H-pyrrole nitrogens is 1. The Balaban J connectivity index is 2.11. The molecule has 0 aliphatic carbocycles. The lowest BCUT2D eigenvalue weighted by Gasteiger charge is -2.14. The molecule has 130 valence electrons. The van der Waals surface area contributed by atoms with E-state index in [0.717, 1.165) is 16.9 Å². The second-order valence-corrected chi connectivity index (χ2v) is 6.06. The van der Waals surface area contributed by atoms with E-state index in [9.17, 15) is 0 Å². The first-order valence-corrected chi connectivity index (χ1v) is 8.24. The summed E-state index contributed by atoms with van der Waals surface area (Å²) in [5.74, 6) is 1.66. The van der Waals surface area contributed by atoms with Gasteiger partial charge in [0.25, 0.3) is 0 Å². The SMILES string of the molecule is COc1cc(-n2cc(-c3ccc(Cl)cc3)[nH]c2=S)cc(OC)c1OC. The van der Waals surface area contributed by atoms with E-state index in [1.807, 2.05) is 47.2 Å². The Morgan fingerprint density at radius 2 is 1.56 bits per heavy atom. The molecule has 1 heterocycles. The van der Waals surface area contributed by atoms with Gasteiger partial charge in [0, 0.05) is 23.4 Å². The molecule has 1 N–H and O–H groups in total. The molecule has 0 bridgehead atoms. The summed E-state index contributed by atoms with van der Waals surface area (Å²) < 4.78 is 18.6. The van der Waals surface area contributed by atoms with Gasteiger partial charge in [0.15, 0.2) is 16.3 Å². The maximum absolute atomic E-state index is 5.95. The van der Waals surface area contributed by atoms with E-state index in [2.05, 4.69) is 4.98 Å². The Morgan fingerprint density at radius 3 is 2.08 bits per heavy atom. The number of ether oxygens (including phenoxy) is 3.